The summed E-state index contributed by atoms with van der Waals surface area (Å²) >= 11 is 3.37. The normalized spacial score (nSPS) is 12.5. The van der Waals surface area contributed by atoms with Gasteiger partial charge in [0.05, 0.1) is 23.1 Å². The average molecular weight is 334 g/mol. The molecule has 1 atom stereocenters. The maximum Gasteiger partial charge on any atom is 0.247 e. The van der Waals surface area contributed by atoms with Crippen LogP contribution in [0.25, 0.3) is 11.5 Å². The molecule has 0 N–H and O–H groups in total. The first-order valence-corrected chi connectivity index (χ1v) is 6.93. The standard InChI is InChI=1S/C13H12BrN5O/c1-9(7-19-8-11(14)6-16-19)12-17-18-13(20-12)10-2-4-15-5-3-10/h2-6,8-9H,7H2,1H3. The first-order chi connectivity index (χ1) is 9.72. The van der Waals surface area contributed by atoms with Crippen LogP contribution >= 0.6 is 15.9 Å². The molecule has 3 heterocycles. The van der Waals surface area contributed by atoms with Crippen LogP contribution < -0.4 is 0 Å². The van der Waals surface area contributed by atoms with Crippen molar-refractivity contribution in [3.05, 3.63) is 47.3 Å². The van der Waals surface area contributed by atoms with E-state index in [-0.39, 0.29) is 5.92 Å². The fourth-order valence-corrected chi connectivity index (χ4v) is 2.17. The van der Waals surface area contributed by atoms with Gasteiger partial charge in [0.15, 0.2) is 0 Å². The summed E-state index contributed by atoms with van der Waals surface area (Å²) in [5, 5.41) is 12.4. The highest BCUT2D eigenvalue weighted by molar-refractivity contribution is 9.10. The molecule has 6 nitrogen and oxygen atoms in total. The summed E-state index contributed by atoms with van der Waals surface area (Å²) in [6.07, 6.45) is 7.06. The summed E-state index contributed by atoms with van der Waals surface area (Å²) in [7, 11) is 0. The lowest BCUT2D eigenvalue weighted by atomic mass is 10.2. The molecule has 3 aromatic rings. The lowest BCUT2D eigenvalue weighted by Gasteiger charge is -2.06. The van der Waals surface area contributed by atoms with Gasteiger partial charge in [0.25, 0.3) is 0 Å². The van der Waals surface area contributed by atoms with Crippen molar-refractivity contribution in [3.63, 3.8) is 0 Å². The number of rotatable bonds is 4. The van der Waals surface area contributed by atoms with Crippen molar-refractivity contribution in [2.24, 2.45) is 0 Å². The van der Waals surface area contributed by atoms with Crippen molar-refractivity contribution in [1.82, 2.24) is 25.0 Å². The van der Waals surface area contributed by atoms with Gasteiger partial charge in [-0.25, -0.2) is 0 Å². The zero-order chi connectivity index (χ0) is 13.9. The number of hydrogen-bond donors (Lipinski definition) is 0. The Bertz CT molecular complexity index is 694. The maximum atomic E-state index is 5.71. The van der Waals surface area contributed by atoms with E-state index >= 15 is 0 Å². The fourth-order valence-electron chi connectivity index (χ4n) is 1.84. The summed E-state index contributed by atoms with van der Waals surface area (Å²) in [6.45, 7) is 2.71. The van der Waals surface area contributed by atoms with Crippen LogP contribution in [0.4, 0.5) is 0 Å². The Kier molecular flexibility index (Phi) is 3.60. The van der Waals surface area contributed by atoms with Gasteiger partial charge in [0.2, 0.25) is 11.8 Å². The van der Waals surface area contributed by atoms with Gasteiger partial charge in [-0.15, -0.1) is 10.2 Å². The summed E-state index contributed by atoms with van der Waals surface area (Å²) < 4.78 is 8.50. The molecule has 1 unspecified atom stereocenters. The molecule has 0 amide bonds. The number of aromatic nitrogens is 5. The zero-order valence-electron chi connectivity index (χ0n) is 10.8. The van der Waals surface area contributed by atoms with Gasteiger partial charge >= 0.3 is 0 Å². The summed E-state index contributed by atoms with van der Waals surface area (Å²) in [5.74, 6) is 1.20. The van der Waals surface area contributed by atoms with Crippen LogP contribution in [0.5, 0.6) is 0 Å². The van der Waals surface area contributed by atoms with Gasteiger partial charge in [-0.05, 0) is 28.1 Å². The Morgan fingerprint density at radius 2 is 2.10 bits per heavy atom. The monoisotopic (exact) mass is 333 g/mol. The number of hydrogen-bond acceptors (Lipinski definition) is 5. The molecular formula is C13H12BrN5O. The molecule has 102 valence electrons. The topological polar surface area (TPSA) is 69.6 Å². The van der Waals surface area contributed by atoms with Gasteiger partial charge in [-0.2, -0.15) is 5.10 Å². The largest absolute Gasteiger partial charge is 0.420 e. The molecule has 0 fully saturated rings. The Morgan fingerprint density at radius 3 is 2.80 bits per heavy atom. The van der Waals surface area contributed by atoms with Crippen LogP contribution in [0.2, 0.25) is 0 Å². The first-order valence-electron chi connectivity index (χ1n) is 6.14. The van der Waals surface area contributed by atoms with Crippen LogP contribution in [-0.4, -0.2) is 25.0 Å². The highest BCUT2D eigenvalue weighted by Crippen LogP contribution is 2.22. The molecule has 0 saturated heterocycles. The van der Waals surface area contributed by atoms with Crippen molar-refractivity contribution >= 4 is 15.9 Å². The number of nitrogens with zero attached hydrogens (tertiary/aromatic N) is 5. The lowest BCUT2D eigenvalue weighted by molar-refractivity contribution is 0.424. The van der Waals surface area contributed by atoms with E-state index in [2.05, 4.69) is 36.2 Å². The maximum absolute atomic E-state index is 5.71. The van der Waals surface area contributed by atoms with Crippen molar-refractivity contribution < 1.29 is 4.42 Å². The molecule has 0 aliphatic carbocycles. The van der Waals surface area contributed by atoms with E-state index < -0.39 is 0 Å². The third-order valence-corrected chi connectivity index (χ3v) is 3.26. The van der Waals surface area contributed by atoms with Gasteiger partial charge < -0.3 is 4.42 Å². The molecular weight excluding hydrogens is 322 g/mol. The van der Waals surface area contributed by atoms with Gasteiger partial charge in [-0.1, -0.05) is 6.92 Å². The highest BCUT2D eigenvalue weighted by atomic mass is 79.9. The average Bonchev–Trinajstić information content (AvgIpc) is 3.09. The molecule has 0 radical (unpaired) electrons. The molecule has 0 aromatic carbocycles. The van der Waals surface area contributed by atoms with Crippen LogP contribution in [0.3, 0.4) is 0 Å². The van der Waals surface area contributed by atoms with Gasteiger partial charge in [0, 0.05) is 24.2 Å². The van der Waals surface area contributed by atoms with Crippen LogP contribution in [0, 0.1) is 0 Å². The predicted molar refractivity (Wildman–Crippen MR) is 75.9 cm³/mol. The minimum Gasteiger partial charge on any atom is -0.420 e. The van der Waals surface area contributed by atoms with E-state index in [4.69, 9.17) is 4.42 Å². The molecule has 3 aromatic heterocycles. The Hall–Kier alpha value is -2.02. The van der Waals surface area contributed by atoms with E-state index in [0.29, 0.717) is 18.3 Å². The SMILES string of the molecule is CC(Cn1cc(Br)cn1)c1nnc(-c2ccncc2)o1. The van der Waals surface area contributed by atoms with E-state index in [9.17, 15) is 0 Å². The Balaban J connectivity index is 1.76. The molecule has 0 aliphatic heterocycles. The van der Waals surface area contributed by atoms with Crippen molar-refractivity contribution in [3.8, 4) is 11.5 Å². The molecule has 20 heavy (non-hydrogen) atoms. The zero-order valence-corrected chi connectivity index (χ0v) is 12.4. The number of pyridine rings is 1. The third-order valence-electron chi connectivity index (χ3n) is 2.85. The summed E-state index contributed by atoms with van der Waals surface area (Å²) in [6, 6.07) is 3.68. The van der Waals surface area contributed by atoms with Crippen molar-refractivity contribution in [1.29, 1.82) is 0 Å². The molecule has 7 heteroatoms. The van der Waals surface area contributed by atoms with Gasteiger partial charge in [0.1, 0.15) is 0 Å². The Morgan fingerprint density at radius 1 is 1.30 bits per heavy atom. The fraction of sp³-hybridized carbons (Fsp3) is 0.231. The van der Waals surface area contributed by atoms with E-state index in [0.717, 1.165) is 10.0 Å². The molecule has 0 aliphatic rings. The van der Waals surface area contributed by atoms with E-state index in [1.165, 1.54) is 0 Å². The molecule has 3 rings (SSSR count). The number of halogens is 1. The van der Waals surface area contributed by atoms with Gasteiger partial charge in [-0.3, -0.25) is 9.67 Å². The second kappa shape index (κ2) is 5.54. The quantitative estimate of drug-likeness (QED) is 0.734. The highest BCUT2D eigenvalue weighted by Gasteiger charge is 2.16. The van der Waals surface area contributed by atoms with E-state index in [1.54, 1.807) is 18.6 Å². The first kappa shape index (κ1) is 13.0. The molecule has 0 bridgehead atoms. The molecule has 0 spiro atoms. The minimum absolute atomic E-state index is 0.0879. The second-order valence-corrected chi connectivity index (χ2v) is 5.38. The van der Waals surface area contributed by atoms with Crippen LogP contribution in [0.15, 0.2) is 45.8 Å². The van der Waals surface area contributed by atoms with Crippen LogP contribution in [-0.2, 0) is 6.54 Å². The van der Waals surface area contributed by atoms with Crippen molar-refractivity contribution in [2.75, 3.05) is 0 Å². The van der Waals surface area contributed by atoms with Crippen LogP contribution in [0.1, 0.15) is 18.7 Å². The van der Waals surface area contributed by atoms with E-state index in [1.807, 2.05) is 29.9 Å². The van der Waals surface area contributed by atoms with Crippen molar-refractivity contribution in [2.45, 2.75) is 19.4 Å². The Labute approximate surface area is 124 Å². The lowest BCUT2D eigenvalue weighted by Crippen LogP contribution is -2.06. The molecule has 0 saturated carbocycles. The minimum atomic E-state index is 0.0879. The smallest absolute Gasteiger partial charge is 0.247 e. The third kappa shape index (κ3) is 2.77. The summed E-state index contributed by atoms with van der Waals surface area (Å²) in [4.78, 5) is 3.97. The summed E-state index contributed by atoms with van der Waals surface area (Å²) in [5.41, 5.74) is 0.868. The predicted octanol–water partition coefficient (Wildman–Crippen LogP) is 2.89. The second-order valence-electron chi connectivity index (χ2n) is 4.46.